The SMILES string of the molecule is CC(=O)NCC1CCN(Cc2cc(Oc3cnc(N4CCN(C(=O)C(C)N)CC4)nc3)nc(-c3cc(Cl)cc(Cl)c3)c2)CC1. The molecule has 44 heavy (non-hydrogen) atoms. The molecular weight excluding hydrogens is 603 g/mol. The van der Waals surface area contributed by atoms with Crippen LogP contribution in [-0.2, 0) is 16.1 Å². The van der Waals surface area contributed by atoms with Crippen molar-refractivity contribution in [3.63, 3.8) is 0 Å². The summed E-state index contributed by atoms with van der Waals surface area (Å²) < 4.78 is 6.17. The highest BCUT2D eigenvalue weighted by molar-refractivity contribution is 6.35. The van der Waals surface area contributed by atoms with Gasteiger partial charge in [-0.2, -0.15) is 0 Å². The Labute approximate surface area is 267 Å². The number of rotatable bonds is 9. The third-order valence-electron chi connectivity index (χ3n) is 7.87. The van der Waals surface area contributed by atoms with Gasteiger partial charge in [-0.15, -0.1) is 0 Å². The Hall–Kier alpha value is -3.51. The minimum absolute atomic E-state index is 0.0129. The monoisotopic (exact) mass is 640 g/mol. The zero-order chi connectivity index (χ0) is 31.2. The van der Waals surface area contributed by atoms with Crippen LogP contribution in [0.2, 0.25) is 10.0 Å². The highest BCUT2D eigenvalue weighted by Crippen LogP contribution is 2.31. The molecule has 234 valence electrons. The number of piperidine rings is 1. The topological polar surface area (TPSA) is 130 Å². The summed E-state index contributed by atoms with van der Waals surface area (Å²) in [6, 6.07) is 8.81. The fourth-order valence-electron chi connectivity index (χ4n) is 5.51. The van der Waals surface area contributed by atoms with Gasteiger partial charge < -0.3 is 25.6 Å². The predicted octanol–water partition coefficient (Wildman–Crippen LogP) is 3.98. The number of amides is 2. The Morgan fingerprint density at radius 2 is 1.66 bits per heavy atom. The van der Waals surface area contributed by atoms with Crippen molar-refractivity contribution in [2.24, 2.45) is 11.7 Å². The summed E-state index contributed by atoms with van der Waals surface area (Å²) >= 11 is 12.6. The van der Waals surface area contributed by atoms with Gasteiger partial charge in [-0.3, -0.25) is 14.5 Å². The quantitative estimate of drug-likeness (QED) is 0.357. The van der Waals surface area contributed by atoms with Crippen LogP contribution in [0.4, 0.5) is 5.95 Å². The first-order valence-electron chi connectivity index (χ1n) is 14.9. The molecule has 11 nitrogen and oxygen atoms in total. The van der Waals surface area contributed by atoms with Gasteiger partial charge in [0.05, 0.1) is 24.1 Å². The number of nitrogens with one attached hydrogen (secondary N) is 1. The molecule has 2 aliphatic heterocycles. The number of anilines is 1. The Bertz CT molecular complexity index is 1440. The highest BCUT2D eigenvalue weighted by atomic mass is 35.5. The van der Waals surface area contributed by atoms with Crippen LogP contribution in [0.5, 0.6) is 11.6 Å². The first kappa shape index (κ1) is 31.9. The van der Waals surface area contributed by atoms with Crippen LogP contribution < -0.4 is 20.7 Å². The van der Waals surface area contributed by atoms with Gasteiger partial charge in [0.15, 0.2) is 5.75 Å². The number of ether oxygens (including phenoxy) is 1. The zero-order valence-electron chi connectivity index (χ0n) is 25.0. The lowest BCUT2D eigenvalue weighted by molar-refractivity contribution is -0.132. The molecule has 3 N–H and O–H groups in total. The molecule has 4 heterocycles. The van der Waals surface area contributed by atoms with E-state index in [1.54, 1.807) is 37.2 Å². The zero-order valence-corrected chi connectivity index (χ0v) is 26.5. The normalized spacial score (nSPS) is 16.9. The third kappa shape index (κ3) is 8.56. The molecule has 2 amide bonds. The Kier molecular flexibility index (Phi) is 10.5. The minimum Gasteiger partial charge on any atom is -0.436 e. The molecule has 0 bridgehead atoms. The average Bonchev–Trinajstić information content (AvgIpc) is 3.00. The maximum Gasteiger partial charge on any atom is 0.239 e. The van der Waals surface area contributed by atoms with E-state index >= 15 is 0 Å². The number of benzene rings is 1. The molecule has 1 atom stereocenters. The summed E-state index contributed by atoms with van der Waals surface area (Å²) in [5.41, 5.74) is 8.28. The number of nitrogens with two attached hydrogens (primary N) is 1. The van der Waals surface area contributed by atoms with Crippen molar-refractivity contribution >= 4 is 41.0 Å². The van der Waals surface area contributed by atoms with E-state index in [0.29, 0.717) is 65.4 Å². The maximum absolute atomic E-state index is 12.2. The molecule has 0 aliphatic carbocycles. The van der Waals surface area contributed by atoms with E-state index in [1.165, 1.54) is 0 Å². The highest BCUT2D eigenvalue weighted by Gasteiger charge is 2.25. The van der Waals surface area contributed by atoms with Crippen LogP contribution in [-0.4, -0.2) is 88.4 Å². The molecule has 0 radical (unpaired) electrons. The van der Waals surface area contributed by atoms with Crippen molar-refractivity contribution in [1.82, 2.24) is 30.1 Å². The van der Waals surface area contributed by atoms with Crippen LogP contribution in [0.1, 0.15) is 32.3 Å². The second kappa shape index (κ2) is 14.5. The molecule has 1 unspecified atom stereocenters. The summed E-state index contributed by atoms with van der Waals surface area (Å²) in [7, 11) is 0. The number of piperazine rings is 1. The molecule has 5 rings (SSSR count). The van der Waals surface area contributed by atoms with E-state index in [4.69, 9.17) is 38.7 Å². The summed E-state index contributed by atoms with van der Waals surface area (Å²) in [4.78, 5) is 43.5. The summed E-state index contributed by atoms with van der Waals surface area (Å²) in [5, 5.41) is 3.99. The molecule has 2 aromatic heterocycles. The third-order valence-corrected chi connectivity index (χ3v) is 8.31. The number of carbonyl (C=O) groups is 2. The van der Waals surface area contributed by atoms with Gasteiger partial charge in [-0.25, -0.2) is 15.0 Å². The van der Waals surface area contributed by atoms with Gasteiger partial charge in [-0.1, -0.05) is 23.2 Å². The van der Waals surface area contributed by atoms with Crippen molar-refractivity contribution in [2.75, 3.05) is 50.7 Å². The number of nitrogens with zero attached hydrogens (tertiary/aromatic N) is 6. The van der Waals surface area contributed by atoms with Gasteiger partial charge in [-0.05, 0) is 68.6 Å². The van der Waals surface area contributed by atoms with Gasteiger partial charge in [0.1, 0.15) is 0 Å². The van der Waals surface area contributed by atoms with E-state index in [9.17, 15) is 9.59 Å². The van der Waals surface area contributed by atoms with E-state index in [-0.39, 0.29) is 11.8 Å². The van der Waals surface area contributed by atoms with E-state index in [2.05, 4.69) is 20.2 Å². The standard InChI is InChI=1S/C31H38Cl2N8O3/c1-20(34)30(43)40-7-9-41(10-8-40)31-36-17-27(18-37-31)44-29-12-23(11-28(38-29)24-13-25(32)15-26(33)14-24)19-39-5-3-22(4-6-39)16-35-21(2)42/h11-15,17-18,20,22H,3-10,16,19,34H2,1-2H3,(H,35,42). The van der Waals surface area contributed by atoms with Gasteiger partial charge in [0.2, 0.25) is 23.6 Å². The van der Waals surface area contributed by atoms with Gasteiger partial charge in [0.25, 0.3) is 0 Å². The number of hydrogen-bond acceptors (Lipinski definition) is 9. The molecule has 0 spiro atoms. The van der Waals surface area contributed by atoms with Gasteiger partial charge >= 0.3 is 0 Å². The number of likely N-dealkylation sites (tertiary alicyclic amines) is 1. The van der Waals surface area contributed by atoms with E-state index < -0.39 is 6.04 Å². The van der Waals surface area contributed by atoms with Crippen LogP contribution in [0, 0.1) is 5.92 Å². The molecule has 13 heteroatoms. The first-order chi connectivity index (χ1) is 21.1. The Balaban J connectivity index is 1.29. The number of hydrogen-bond donors (Lipinski definition) is 2. The largest absolute Gasteiger partial charge is 0.436 e. The lowest BCUT2D eigenvalue weighted by Gasteiger charge is -2.35. The number of halogens is 2. The minimum atomic E-state index is -0.508. The van der Waals surface area contributed by atoms with Gasteiger partial charge in [0, 0.05) is 67.9 Å². The molecule has 0 saturated carbocycles. The maximum atomic E-state index is 12.2. The summed E-state index contributed by atoms with van der Waals surface area (Å²) in [6.07, 6.45) is 5.30. The van der Waals surface area contributed by atoms with E-state index in [0.717, 1.165) is 50.1 Å². The molecule has 2 aliphatic rings. The average molecular weight is 642 g/mol. The second-order valence-electron chi connectivity index (χ2n) is 11.4. The van der Waals surface area contributed by atoms with Crippen molar-refractivity contribution in [1.29, 1.82) is 0 Å². The summed E-state index contributed by atoms with van der Waals surface area (Å²) in [6.45, 7) is 8.96. The van der Waals surface area contributed by atoms with E-state index in [1.807, 2.05) is 29.2 Å². The molecule has 1 aromatic carbocycles. The number of aromatic nitrogens is 3. The number of carbonyl (C=O) groups excluding carboxylic acids is 2. The molecular formula is C31H38Cl2N8O3. The van der Waals surface area contributed by atoms with Crippen molar-refractivity contribution in [3.8, 4) is 22.9 Å². The van der Waals surface area contributed by atoms with Crippen molar-refractivity contribution in [3.05, 3.63) is 58.3 Å². The number of pyridine rings is 1. The van der Waals surface area contributed by atoms with Crippen LogP contribution in [0.25, 0.3) is 11.3 Å². The smallest absolute Gasteiger partial charge is 0.239 e. The fraction of sp³-hybridized carbons (Fsp3) is 0.452. The van der Waals surface area contributed by atoms with Crippen molar-refractivity contribution < 1.29 is 14.3 Å². The molecule has 3 aromatic rings. The molecule has 2 saturated heterocycles. The van der Waals surface area contributed by atoms with Crippen molar-refractivity contribution in [2.45, 2.75) is 39.3 Å². The predicted molar refractivity (Wildman–Crippen MR) is 171 cm³/mol. The molecule has 2 fully saturated rings. The summed E-state index contributed by atoms with van der Waals surface area (Å²) in [5.74, 6) is 1.89. The lowest BCUT2D eigenvalue weighted by atomic mass is 9.96. The Morgan fingerprint density at radius 3 is 2.27 bits per heavy atom. The van der Waals surface area contributed by atoms with Crippen LogP contribution in [0.3, 0.4) is 0 Å². The van der Waals surface area contributed by atoms with Crippen LogP contribution >= 0.6 is 23.2 Å². The fourth-order valence-corrected chi connectivity index (χ4v) is 6.03. The first-order valence-corrected chi connectivity index (χ1v) is 15.6. The second-order valence-corrected chi connectivity index (χ2v) is 12.3. The van der Waals surface area contributed by atoms with Crippen LogP contribution in [0.15, 0.2) is 42.7 Å². The lowest BCUT2D eigenvalue weighted by Crippen LogP contribution is -2.52. The Morgan fingerprint density at radius 1 is 1.00 bits per heavy atom.